The molecule has 0 saturated heterocycles. The first-order chi connectivity index (χ1) is 10.5. The lowest BCUT2D eigenvalue weighted by atomic mass is 10.1. The predicted molar refractivity (Wildman–Crippen MR) is 94.3 cm³/mol. The van der Waals surface area contributed by atoms with E-state index in [2.05, 4.69) is 17.2 Å². The quantitative estimate of drug-likeness (QED) is 0.543. The van der Waals surface area contributed by atoms with Gasteiger partial charge in [-0.1, -0.05) is 24.3 Å². The molecule has 5 heteroatoms. The van der Waals surface area contributed by atoms with Crippen LogP contribution in [-0.2, 0) is 9.59 Å². The number of thioether (sulfide) groups is 1. The number of aryl methyl sites for hydroxylation is 2. The van der Waals surface area contributed by atoms with Gasteiger partial charge in [0.05, 0.1) is 5.75 Å². The van der Waals surface area contributed by atoms with Gasteiger partial charge in [0.25, 0.3) is 0 Å². The second kappa shape index (κ2) is 10.1. The second-order valence-electron chi connectivity index (χ2n) is 5.06. The largest absolute Gasteiger partial charge is 0.352 e. The summed E-state index contributed by atoms with van der Waals surface area (Å²) in [5.74, 6) is 1.24. The van der Waals surface area contributed by atoms with Crippen molar-refractivity contribution in [1.29, 1.82) is 0 Å². The van der Waals surface area contributed by atoms with Crippen LogP contribution >= 0.6 is 11.8 Å². The van der Waals surface area contributed by atoms with Crippen molar-refractivity contribution in [2.75, 3.05) is 23.4 Å². The zero-order chi connectivity index (χ0) is 16.4. The van der Waals surface area contributed by atoms with E-state index < -0.39 is 0 Å². The van der Waals surface area contributed by atoms with Crippen LogP contribution in [0.4, 0.5) is 5.69 Å². The summed E-state index contributed by atoms with van der Waals surface area (Å²) in [6, 6.07) is 5.95. The van der Waals surface area contributed by atoms with Crippen LogP contribution < -0.4 is 10.6 Å². The average Bonchev–Trinajstić information content (AvgIpc) is 2.48. The van der Waals surface area contributed by atoms with Gasteiger partial charge in [-0.25, -0.2) is 0 Å². The molecular weight excluding hydrogens is 296 g/mol. The van der Waals surface area contributed by atoms with Gasteiger partial charge in [-0.05, 0) is 37.1 Å². The molecular formula is C17H24N2O2S. The van der Waals surface area contributed by atoms with Gasteiger partial charge in [0.15, 0.2) is 0 Å². The minimum Gasteiger partial charge on any atom is -0.352 e. The van der Waals surface area contributed by atoms with E-state index in [4.69, 9.17) is 0 Å². The van der Waals surface area contributed by atoms with E-state index in [-0.39, 0.29) is 11.8 Å². The number of nitrogens with one attached hydrogen (secondary N) is 2. The van der Waals surface area contributed by atoms with E-state index in [1.165, 1.54) is 0 Å². The number of anilines is 1. The molecule has 0 heterocycles. The van der Waals surface area contributed by atoms with Crippen LogP contribution in [0.1, 0.15) is 24.0 Å². The highest BCUT2D eigenvalue weighted by Crippen LogP contribution is 2.19. The summed E-state index contributed by atoms with van der Waals surface area (Å²) in [6.45, 7) is 8.01. The zero-order valence-electron chi connectivity index (χ0n) is 13.3. The van der Waals surface area contributed by atoms with Crippen molar-refractivity contribution in [3.8, 4) is 0 Å². The van der Waals surface area contributed by atoms with Crippen LogP contribution in [-0.4, -0.2) is 29.9 Å². The second-order valence-corrected chi connectivity index (χ2v) is 6.17. The van der Waals surface area contributed by atoms with Gasteiger partial charge in [-0.2, -0.15) is 11.8 Å². The number of hydrogen-bond acceptors (Lipinski definition) is 3. The molecule has 1 aromatic carbocycles. The maximum absolute atomic E-state index is 11.9. The SMILES string of the molecule is C=CCNC(=O)CSCCCC(=O)Nc1c(C)cccc1C. The zero-order valence-corrected chi connectivity index (χ0v) is 14.1. The summed E-state index contributed by atoms with van der Waals surface area (Å²) in [6.07, 6.45) is 2.88. The highest BCUT2D eigenvalue weighted by Gasteiger charge is 2.07. The Hall–Kier alpha value is -1.75. The summed E-state index contributed by atoms with van der Waals surface area (Å²) >= 11 is 1.54. The molecule has 2 amide bonds. The molecule has 0 unspecified atom stereocenters. The molecule has 0 aromatic heterocycles. The molecule has 0 atom stereocenters. The van der Waals surface area contributed by atoms with Crippen molar-refractivity contribution >= 4 is 29.3 Å². The molecule has 2 N–H and O–H groups in total. The molecule has 4 nitrogen and oxygen atoms in total. The molecule has 0 saturated carbocycles. The molecule has 0 aliphatic heterocycles. The van der Waals surface area contributed by atoms with E-state index in [0.717, 1.165) is 29.0 Å². The summed E-state index contributed by atoms with van der Waals surface area (Å²) in [5, 5.41) is 5.69. The van der Waals surface area contributed by atoms with Crippen LogP contribution in [0.2, 0.25) is 0 Å². The molecule has 0 radical (unpaired) electrons. The summed E-state index contributed by atoms with van der Waals surface area (Å²) in [4.78, 5) is 23.3. The highest BCUT2D eigenvalue weighted by atomic mass is 32.2. The smallest absolute Gasteiger partial charge is 0.230 e. The number of benzene rings is 1. The van der Waals surface area contributed by atoms with Crippen LogP contribution in [0.3, 0.4) is 0 Å². The molecule has 0 bridgehead atoms. The molecule has 1 aromatic rings. The van der Waals surface area contributed by atoms with Crippen molar-refractivity contribution in [2.24, 2.45) is 0 Å². The maximum atomic E-state index is 11.9. The van der Waals surface area contributed by atoms with Crippen molar-refractivity contribution in [2.45, 2.75) is 26.7 Å². The highest BCUT2D eigenvalue weighted by molar-refractivity contribution is 7.99. The maximum Gasteiger partial charge on any atom is 0.230 e. The minimum absolute atomic E-state index is 0.00452. The Morgan fingerprint density at radius 3 is 2.55 bits per heavy atom. The standard InChI is InChI=1S/C17H24N2O2S/c1-4-10-18-16(21)12-22-11-6-9-15(20)19-17-13(2)7-5-8-14(17)3/h4-5,7-8H,1,6,9-12H2,2-3H3,(H,18,21)(H,19,20). The van der Waals surface area contributed by atoms with Gasteiger partial charge >= 0.3 is 0 Å². The fraction of sp³-hybridized carbons (Fsp3) is 0.412. The Bertz CT molecular complexity index is 509. The first-order valence-electron chi connectivity index (χ1n) is 7.36. The van der Waals surface area contributed by atoms with Crippen molar-refractivity contribution in [3.05, 3.63) is 42.0 Å². The van der Waals surface area contributed by atoms with Gasteiger partial charge < -0.3 is 10.6 Å². The van der Waals surface area contributed by atoms with Gasteiger partial charge in [0, 0.05) is 18.7 Å². The number of carbonyl (C=O) groups excluding carboxylic acids is 2. The first kappa shape index (κ1) is 18.3. The molecule has 0 aliphatic carbocycles. The third-order valence-electron chi connectivity index (χ3n) is 3.11. The number of rotatable bonds is 9. The van der Waals surface area contributed by atoms with Crippen LogP contribution in [0, 0.1) is 13.8 Å². The van der Waals surface area contributed by atoms with Gasteiger partial charge in [0.1, 0.15) is 0 Å². The average molecular weight is 320 g/mol. The number of hydrogen-bond donors (Lipinski definition) is 2. The Kier molecular flexibility index (Phi) is 8.36. The third-order valence-corrected chi connectivity index (χ3v) is 4.16. The Morgan fingerprint density at radius 1 is 1.23 bits per heavy atom. The van der Waals surface area contributed by atoms with E-state index in [9.17, 15) is 9.59 Å². The monoisotopic (exact) mass is 320 g/mol. The molecule has 0 aliphatic rings. The van der Waals surface area contributed by atoms with Gasteiger partial charge in [-0.3, -0.25) is 9.59 Å². The van der Waals surface area contributed by atoms with Crippen LogP contribution in [0.15, 0.2) is 30.9 Å². The number of carbonyl (C=O) groups is 2. The van der Waals surface area contributed by atoms with Gasteiger partial charge in [-0.15, -0.1) is 6.58 Å². The Labute approximate surface area is 136 Å². The fourth-order valence-corrected chi connectivity index (χ4v) is 2.73. The van der Waals surface area contributed by atoms with Crippen molar-refractivity contribution in [1.82, 2.24) is 5.32 Å². The number of amides is 2. The predicted octanol–water partition coefficient (Wildman–Crippen LogP) is 3.06. The lowest BCUT2D eigenvalue weighted by Gasteiger charge is -2.11. The normalized spacial score (nSPS) is 10.1. The van der Waals surface area contributed by atoms with Crippen molar-refractivity contribution in [3.63, 3.8) is 0 Å². The first-order valence-corrected chi connectivity index (χ1v) is 8.51. The van der Waals surface area contributed by atoms with Crippen LogP contribution in [0.25, 0.3) is 0 Å². The molecule has 1 rings (SSSR count). The third kappa shape index (κ3) is 6.80. The van der Waals surface area contributed by atoms with E-state index in [1.807, 2.05) is 32.0 Å². The van der Waals surface area contributed by atoms with Crippen LogP contribution in [0.5, 0.6) is 0 Å². The minimum atomic E-state index is 0.00452. The molecule has 0 fully saturated rings. The lowest BCUT2D eigenvalue weighted by molar-refractivity contribution is -0.118. The molecule has 22 heavy (non-hydrogen) atoms. The summed E-state index contributed by atoms with van der Waals surface area (Å²) in [5.41, 5.74) is 3.05. The fourth-order valence-electron chi connectivity index (χ4n) is 1.95. The lowest BCUT2D eigenvalue weighted by Crippen LogP contribution is -2.25. The Balaban J connectivity index is 2.21. The van der Waals surface area contributed by atoms with Gasteiger partial charge in [0.2, 0.25) is 11.8 Å². The van der Waals surface area contributed by atoms with E-state index >= 15 is 0 Å². The summed E-state index contributed by atoms with van der Waals surface area (Å²) < 4.78 is 0. The molecule has 0 spiro atoms. The summed E-state index contributed by atoms with van der Waals surface area (Å²) in [7, 11) is 0. The molecule has 120 valence electrons. The Morgan fingerprint density at radius 2 is 1.91 bits per heavy atom. The topological polar surface area (TPSA) is 58.2 Å². The van der Waals surface area contributed by atoms with E-state index in [0.29, 0.717) is 18.7 Å². The number of para-hydroxylation sites is 1. The van der Waals surface area contributed by atoms with Crippen molar-refractivity contribution < 1.29 is 9.59 Å². The van der Waals surface area contributed by atoms with E-state index in [1.54, 1.807) is 17.8 Å².